The van der Waals surface area contributed by atoms with Crippen LogP contribution in [0.15, 0.2) is 36.7 Å². The lowest BCUT2D eigenvalue weighted by atomic mass is 9.86. The molecule has 1 aromatic carbocycles. The minimum Gasteiger partial charge on any atom is -0.338 e. The van der Waals surface area contributed by atoms with Gasteiger partial charge in [-0.05, 0) is 23.0 Å². The molecule has 2 rings (SSSR count). The van der Waals surface area contributed by atoms with Crippen molar-refractivity contribution in [1.29, 1.82) is 0 Å². The zero-order chi connectivity index (χ0) is 15.5. The maximum atomic E-state index is 5.73. The number of aromatic nitrogens is 2. The SMILES string of the molecule is Cn1ccnc1CCC(NN)c1ccc(C(C)(C)C)cc1. The molecule has 1 atom stereocenters. The van der Waals surface area contributed by atoms with E-state index in [1.165, 1.54) is 11.1 Å². The molecule has 0 bridgehead atoms. The standard InChI is InChI=1S/C17H26N4/c1-17(2,3)14-7-5-13(6-8-14)15(20-18)9-10-16-19-11-12-21(16)4/h5-8,11-12,15,20H,9-10,18H2,1-4H3. The lowest BCUT2D eigenvalue weighted by molar-refractivity contribution is 0.505. The summed E-state index contributed by atoms with van der Waals surface area (Å²) in [6.07, 6.45) is 5.63. The molecule has 114 valence electrons. The van der Waals surface area contributed by atoms with Gasteiger partial charge in [-0.25, -0.2) is 4.98 Å². The van der Waals surface area contributed by atoms with E-state index in [1.807, 2.05) is 19.4 Å². The van der Waals surface area contributed by atoms with Crippen LogP contribution < -0.4 is 11.3 Å². The van der Waals surface area contributed by atoms with E-state index >= 15 is 0 Å². The highest BCUT2D eigenvalue weighted by molar-refractivity contribution is 5.29. The van der Waals surface area contributed by atoms with Gasteiger partial charge in [0.15, 0.2) is 0 Å². The fourth-order valence-corrected chi connectivity index (χ4v) is 2.47. The molecule has 4 nitrogen and oxygen atoms in total. The predicted octanol–water partition coefficient (Wildman–Crippen LogP) is 2.85. The van der Waals surface area contributed by atoms with E-state index in [4.69, 9.17) is 5.84 Å². The van der Waals surface area contributed by atoms with Crippen molar-refractivity contribution in [1.82, 2.24) is 15.0 Å². The van der Waals surface area contributed by atoms with E-state index in [2.05, 4.69) is 60.0 Å². The van der Waals surface area contributed by atoms with Crippen LogP contribution in [0.3, 0.4) is 0 Å². The van der Waals surface area contributed by atoms with Crippen LogP contribution in [0.2, 0.25) is 0 Å². The number of hydrogen-bond acceptors (Lipinski definition) is 3. The average molecular weight is 286 g/mol. The molecule has 1 aromatic heterocycles. The lowest BCUT2D eigenvalue weighted by Crippen LogP contribution is -2.28. The molecule has 0 amide bonds. The summed E-state index contributed by atoms with van der Waals surface area (Å²) in [7, 11) is 2.02. The van der Waals surface area contributed by atoms with Gasteiger partial charge in [-0.15, -0.1) is 0 Å². The van der Waals surface area contributed by atoms with Crippen molar-refractivity contribution in [2.75, 3.05) is 0 Å². The minimum atomic E-state index is 0.149. The van der Waals surface area contributed by atoms with Crippen LogP contribution in [-0.4, -0.2) is 9.55 Å². The van der Waals surface area contributed by atoms with Crippen molar-refractivity contribution in [3.63, 3.8) is 0 Å². The van der Waals surface area contributed by atoms with Gasteiger partial charge in [0.25, 0.3) is 0 Å². The maximum absolute atomic E-state index is 5.73. The van der Waals surface area contributed by atoms with Crippen molar-refractivity contribution in [3.8, 4) is 0 Å². The van der Waals surface area contributed by atoms with Crippen molar-refractivity contribution in [3.05, 3.63) is 53.6 Å². The molecular formula is C17H26N4. The second-order valence-electron chi connectivity index (χ2n) is 6.58. The Morgan fingerprint density at radius 1 is 1.24 bits per heavy atom. The topological polar surface area (TPSA) is 55.9 Å². The van der Waals surface area contributed by atoms with E-state index in [-0.39, 0.29) is 11.5 Å². The predicted molar refractivity (Wildman–Crippen MR) is 86.7 cm³/mol. The lowest BCUT2D eigenvalue weighted by Gasteiger charge is -2.21. The van der Waals surface area contributed by atoms with E-state index in [0.29, 0.717) is 0 Å². The van der Waals surface area contributed by atoms with Crippen molar-refractivity contribution in [2.24, 2.45) is 12.9 Å². The molecule has 0 aliphatic heterocycles. The Morgan fingerprint density at radius 2 is 1.90 bits per heavy atom. The molecule has 0 radical (unpaired) electrons. The van der Waals surface area contributed by atoms with Gasteiger partial charge in [-0.3, -0.25) is 11.3 Å². The number of hydrazine groups is 1. The Bertz CT molecular complexity index is 563. The Balaban J connectivity index is 2.05. The summed E-state index contributed by atoms with van der Waals surface area (Å²) in [6.45, 7) is 6.67. The number of nitrogens with zero attached hydrogens (tertiary/aromatic N) is 2. The molecule has 3 N–H and O–H groups in total. The number of rotatable bonds is 5. The number of hydrogen-bond donors (Lipinski definition) is 2. The number of benzene rings is 1. The highest BCUT2D eigenvalue weighted by Crippen LogP contribution is 2.25. The first-order valence-corrected chi connectivity index (χ1v) is 7.44. The molecule has 1 heterocycles. The summed E-state index contributed by atoms with van der Waals surface area (Å²) >= 11 is 0. The van der Waals surface area contributed by atoms with Gasteiger partial charge in [-0.2, -0.15) is 0 Å². The Hall–Kier alpha value is -1.65. The molecule has 0 saturated carbocycles. The summed E-state index contributed by atoms with van der Waals surface area (Å²) in [5.74, 6) is 6.81. The van der Waals surface area contributed by atoms with Crippen LogP contribution >= 0.6 is 0 Å². The molecule has 4 heteroatoms. The fourth-order valence-electron chi connectivity index (χ4n) is 2.47. The first kappa shape index (κ1) is 15.7. The molecule has 21 heavy (non-hydrogen) atoms. The van der Waals surface area contributed by atoms with Gasteiger partial charge in [0, 0.05) is 31.9 Å². The Kier molecular flexibility index (Phi) is 4.80. The molecule has 0 saturated heterocycles. The van der Waals surface area contributed by atoms with Crippen LogP contribution in [0.1, 0.15) is 50.2 Å². The van der Waals surface area contributed by atoms with Crippen molar-refractivity contribution >= 4 is 0 Å². The van der Waals surface area contributed by atoms with E-state index in [9.17, 15) is 0 Å². The highest BCUT2D eigenvalue weighted by atomic mass is 15.2. The third-order valence-electron chi connectivity index (χ3n) is 3.96. The van der Waals surface area contributed by atoms with Gasteiger partial charge in [0.05, 0.1) is 0 Å². The summed E-state index contributed by atoms with van der Waals surface area (Å²) in [5, 5.41) is 0. The Labute approximate surface area is 127 Å². The van der Waals surface area contributed by atoms with Gasteiger partial charge in [0.1, 0.15) is 5.82 Å². The second kappa shape index (κ2) is 6.41. The Morgan fingerprint density at radius 3 is 2.38 bits per heavy atom. The van der Waals surface area contributed by atoms with Crippen LogP contribution in [0.5, 0.6) is 0 Å². The molecule has 0 fully saturated rings. The highest BCUT2D eigenvalue weighted by Gasteiger charge is 2.15. The third kappa shape index (κ3) is 3.93. The molecule has 0 aliphatic carbocycles. The monoisotopic (exact) mass is 286 g/mol. The summed E-state index contributed by atoms with van der Waals surface area (Å²) in [4.78, 5) is 4.36. The van der Waals surface area contributed by atoms with Gasteiger partial charge in [0.2, 0.25) is 0 Å². The minimum absolute atomic E-state index is 0.149. The molecule has 1 unspecified atom stereocenters. The number of aryl methyl sites for hydroxylation is 2. The molecule has 0 spiro atoms. The summed E-state index contributed by atoms with van der Waals surface area (Å²) < 4.78 is 2.05. The van der Waals surface area contributed by atoms with Crippen LogP contribution in [0, 0.1) is 0 Å². The molecular weight excluding hydrogens is 260 g/mol. The van der Waals surface area contributed by atoms with Crippen LogP contribution in [-0.2, 0) is 18.9 Å². The molecule has 2 aromatic rings. The van der Waals surface area contributed by atoms with Gasteiger partial charge < -0.3 is 4.57 Å². The first-order chi connectivity index (χ1) is 9.91. The van der Waals surface area contributed by atoms with Gasteiger partial charge in [-0.1, -0.05) is 45.0 Å². The normalized spacial score (nSPS) is 13.4. The van der Waals surface area contributed by atoms with E-state index < -0.39 is 0 Å². The third-order valence-corrected chi connectivity index (χ3v) is 3.96. The largest absolute Gasteiger partial charge is 0.338 e. The van der Waals surface area contributed by atoms with Gasteiger partial charge >= 0.3 is 0 Å². The zero-order valence-electron chi connectivity index (χ0n) is 13.4. The number of nitrogens with two attached hydrogens (primary N) is 1. The fraction of sp³-hybridized carbons (Fsp3) is 0.471. The first-order valence-electron chi connectivity index (χ1n) is 7.44. The van der Waals surface area contributed by atoms with Crippen LogP contribution in [0.25, 0.3) is 0 Å². The zero-order valence-corrected chi connectivity index (χ0v) is 13.4. The number of nitrogens with one attached hydrogen (secondary N) is 1. The van der Waals surface area contributed by atoms with Crippen molar-refractivity contribution in [2.45, 2.75) is 45.1 Å². The maximum Gasteiger partial charge on any atom is 0.108 e. The quantitative estimate of drug-likeness (QED) is 0.656. The molecule has 0 aliphatic rings. The van der Waals surface area contributed by atoms with E-state index in [1.54, 1.807) is 0 Å². The van der Waals surface area contributed by atoms with Crippen LogP contribution in [0.4, 0.5) is 0 Å². The van der Waals surface area contributed by atoms with E-state index in [0.717, 1.165) is 18.7 Å². The second-order valence-corrected chi connectivity index (χ2v) is 6.58. The average Bonchev–Trinajstić information content (AvgIpc) is 2.85. The number of imidazole rings is 1. The van der Waals surface area contributed by atoms with Crippen molar-refractivity contribution < 1.29 is 0 Å². The smallest absolute Gasteiger partial charge is 0.108 e. The summed E-state index contributed by atoms with van der Waals surface area (Å²) in [6, 6.07) is 8.88. The summed E-state index contributed by atoms with van der Waals surface area (Å²) in [5.41, 5.74) is 5.66.